The number of amides is 1. The van der Waals surface area contributed by atoms with Gasteiger partial charge in [0.1, 0.15) is 5.75 Å². The van der Waals surface area contributed by atoms with Crippen molar-refractivity contribution in [3.63, 3.8) is 0 Å². The number of fused-ring (bicyclic) bond motifs is 1. The molecule has 3 nitrogen and oxygen atoms in total. The van der Waals surface area contributed by atoms with Crippen molar-refractivity contribution in [2.75, 3.05) is 11.9 Å². The molecule has 0 atom stereocenters. The van der Waals surface area contributed by atoms with Crippen molar-refractivity contribution in [1.82, 2.24) is 0 Å². The van der Waals surface area contributed by atoms with Crippen LogP contribution in [0.5, 0.6) is 5.75 Å². The molecule has 3 aromatic rings. The molecule has 1 amide bonds. The summed E-state index contributed by atoms with van der Waals surface area (Å²) >= 11 is 6.78. The lowest BCUT2D eigenvalue weighted by atomic mass is 10.1. The third-order valence-corrected chi connectivity index (χ3v) is 4.40. The molecule has 0 aliphatic heterocycles. The Morgan fingerprint density at radius 2 is 1.74 bits per heavy atom. The van der Waals surface area contributed by atoms with E-state index in [1.165, 1.54) is 0 Å². The molecular formula is C18H13Br2NO2. The normalized spacial score (nSPS) is 10.5. The van der Waals surface area contributed by atoms with E-state index < -0.39 is 0 Å². The van der Waals surface area contributed by atoms with E-state index in [9.17, 15) is 4.79 Å². The fourth-order valence-corrected chi connectivity index (χ4v) is 3.36. The second-order valence-corrected chi connectivity index (χ2v) is 6.74. The molecule has 0 saturated carbocycles. The second kappa shape index (κ2) is 7.15. The van der Waals surface area contributed by atoms with Gasteiger partial charge in [-0.2, -0.15) is 0 Å². The highest BCUT2D eigenvalue weighted by Crippen LogP contribution is 2.28. The maximum absolute atomic E-state index is 12.0. The Kier molecular flexibility index (Phi) is 4.98. The van der Waals surface area contributed by atoms with Crippen LogP contribution in [0.2, 0.25) is 0 Å². The first-order valence-corrected chi connectivity index (χ1v) is 8.57. The Hall–Kier alpha value is -1.85. The SMILES string of the molecule is O=C(COc1ccc(Br)cc1Br)Nc1ccc2ccccc2c1. The molecule has 0 radical (unpaired) electrons. The number of hydrogen-bond donors (Lipinski definition) is 1. The summed E-state index contributed by atoms with van der Waals surface area (Å²) < 4.78 is 7.27. The lowest BCUT2D eigenvalue weighted by Crippen LogP contribution is -2.20. The van der Waals surface area contributed by atoms with Crippen LogP contribution in [-0.4, -0.2) is 12.5 Å². The summed E-state index contributed by atoms with van der Waals surface area (Å²) in [5.41, 5.74) is 0.757. The lowest BCUT2D eigenvalue weighted by Gasteiger charge is -2.10. The van der Waals surface area contributed by atoms with Gasteiger partial charge in [0.25, 0.3) is 5.91 Å². The minimum absolute atomic E-state index is 0.0486. The van der Waals surface area contributed by atoms with Crippen LogP contribution in [0.4, 0.5) is 5.69 Å². The fourth-order valence-electron chi connectivity index (χ4n) is 2.20. The van der Waals surface area contributed by atoms with E-state index in [0.29, 0.717) is 5.75 Å². The molecule has 0 heterocycles. The number of anilines is 1. The summed E-state index contributed by atoms with van der Waals surface area (Å²) in [6.07, 6.45) is 0. The first kappa shape index (κ1) is 16.0. The third kappa shape index (κ3) is 4.12. The number of rotatable bonds is 4. The lowest BCUT2D eigenvalue weighted by molar-refractivity contribution is -0.118. The molecule has 0 unspecified atom stereocenters. The van der Waals surface area contributed by atoms with E-state index >= 15 is 0 Å². The van der Waals surface area contributed by atoms with E-state index in [0.717, 1.165) is 25.4 Å². The monoisotopic (exact) mass is 433 g/mol. The number of carbonyl (C=O) groups is 1. The first-order valence-electron chi connectivity index (χ1n) is 6.98. The third-order valence-electron chi connectivity index (χ3n) is 3.29. The van der Waals surface area contributed by atoms with Crippen LogP contribution < -0.4 is 10.1 Å². The molecule has 3 aromatic carbocycles. The zero-order valence-electron chi connectivity index (χ0n) is 12.1. The van der Waals surface area contributed by atoms with Gasteiger partial charge in [0.2, 0.25) is 0 Å². The Labute approximate surface area is 150 Å². The standard InChI is InChI=1S/C18H13Br2NO2/c19-14-6-8-17(16(20)10-14)23-11-18(22)21-15-7-5-12-3-1-2-4-13(12)9-15/h1-10H,11H2,(H,21,22). The van der Waals surface area contributed by atoms with Gasteiger partial charge in [-0.05, 0) is 57.0 Å². The number of hydrogen-bond acceptors (Lipinski definition) is 2. The minimum Gasteiger partial charge on any atom is -0.483 e. The predicted molar refractivity (Wildman–Crippen MR) is 99.9 cm³/mol. The van der Waals surface area contributed by atoms with Crippen molar-refractivity contribution in [3.8, 4) is 5.75 Å². The van der Waals surface area contributed by atoms with Crippen LogP contribution in [0.1, 0.15) is 0 Å². The number of carbonyl (C=O) groups excluding carboxylic acids is 1. The second-order valence-electron chi connectivity index (χ2n) is 4.97. The smallest absolute Gasteiger partial charge is 0.262 e. The molecule has 1 N–H and O–H groups in total. The quantitative estimate of drug-likeness (QED) is 0.598. The molecule has 0 bridgehead atoms. The largest absolute Gasteiger partial charge is 0.483 e. The van der Waals surface area contributed by atoms with Crippen LogP contribution in [-0.2, 0) is 4.79 Å². The molecule has 0 saturated heterocycles. The molecule has 3 rings (SSSR count). The topological polar surface area (TPSA) is 38.3 Å². The van der Waals surface area contributed by atoms with Crippen molar-refractivity contribution in [2.24, 2.45) is 0 Å². The van der Waals surface area contributed by atoms with E-state index in [1.807, 2.05) is 54.6 Å². The average Bonchev–Trinajstić information content (AvgIpc) is 2.54. The number of nitrogens with one attached hydrogen (secondary N) is 1. The molecule has 0 aromatic heterocycles. The van der Waals surface area contributed by atoms with Crippen molar-refractivity contribution >= 4 is 54.2 Å². The van der Waals surface area contributed by atoms with Crippen LogP contribution >= 0.6 is 31.9 Å². The summed E-state index contributed by atoms with van der Waals surface area (Å²) in [5, 5.41) is 5.07. The van der Waals surface area contributed by atoms with Gasteiger partial charge in [-0.3, -0.25) is 4.79 Å². The Morgan fingerprint density at radius 1 is 0.957 bits per heavy atom. The Morgan fingerprint density at radius 3 is 2.52 bits per heavy atom. The van der Waals surface area contributed by atoms with Gasteiger partial charge in [0.15, 0.2) is 6.61 Å². The molecule has 0 aliphatic rings. The van der Waals surface area contributed by atoms with E-state index in [4.69, 9.17) is 4.74 Å². The maximum atomic E-state index is 12.0. The fraction of sp³-hybridized carbons (Fsp3) is 0.0556. The van der Waals surface area contributed by atoms with E-state index in [1.54, 1.807) is 6.07 Å². The molecule has 23 heavy (non-hydrogen) atoms. The average molecular weight is 435 g/mol. The zero-order valence-corrected chi connectivity index (χ0v) is 15.2. The summed E-state index contributed by atoms with van der Waals surface area (Å²) in [7, 11) is 0. The molecule has 5 heteroatoms. The zero-order chi connectivity index (χ0) is 16.2. The number of benzene rings is 3. The molecule has 0 fully saturated rings. The van der Waals surface area contributed by atoms with Gasteiger partial charge in [0.05, 0.1) is 4.47 Å². The first-order chi connectivity index (χ1) is 11.1. The highest BCUT2D eigenvalue weighted by Gasteiger charge is 2.07. The summed E-state index contributed by atoms with van der Waals surface area (Å²) in [4.78, 5) is 12.0. The van der Waals surface area contributed by atoms with Crippen molar-refractivity contribution in [2.45, 2.75) is 0 Å². The Bertz CT molecular complexity index is 865. The molecule has 116 valence electrons. The van der Waals surface area contributed by atoms with Gasteiger partial charge in [0, 0.05) is 10.2 Å². The van der Waals surface area contributed by atoms with Gasteiger partial charge in [-0.1, -0.05) is 46.3 Å². The minimum atomic E-state index is -0.199. The molecule has 0 spiro atoms. The van der Waals surface area contributed by atoms with Crippen LogP contribution in [0.3, 0.4) is 0 Å². The van der Waals surface area contributed by atoms with E-state index in [2.05, 4.69) is 37.2 Å². The molecular weight excluding hydrogens is 422 g/mol. The van der Waals surface area contributed by atoms with Crippen LogP contribution in [0.25, 0.3) is 10.8 Å². The maximum Gasteiger partial charge on any atom is 0.262 e. The van der Waals surface area contributed by atoms with Crippen molar-refractivity contribution < 1.29 is 9.53 Å². The molecule has 0 aliphatic carbocycles. The number of halogens is 2. The van der Waals surface area contributed by atoms with Crippen LogP contribution in [0.15, 0.2) is 69.6 Å². The van der Waals surface area contributed by atoms with Gasteiger partial charge in [-0.15, -0.1) is 0 Å². The van der Waals surface area contributed by atoms with Gasteiger partial charge in [-0.25, -0.2) is 0 Å². The van der Waals surface area contributed by atoms with Crippen LogP contribution in [0, 0.1) is 0 Å². The highest BCUT2D eigenvalue weighted by molar-refractivity contribution is 9.11. The van der Waals surface area contributed by atoms with Crippen molar-refractivity contribution in [3.05, 3.63) is 69.6 Å². The highest BCUT2D eigenvalue weighted by atomic mass is 79.9. The number of ether oxygens (including phenoxy) is 1. The summed E-state index contributed by atoms with van der Waals surface area (Å²) in [5.74, 6) is 0.428. The summed E-state index contributed by atoms with van der Waals surface area (Å²) in [6, 6.07) is 19.4. The van der Waals surface area contributed by atoms with Gasteiger partial charge < -0.3 is 10.1 Å². The Balaban J connectivity index is 1.64. The summed E-state index contributed by atoms with van der Waals surface area (Å²) in [6.45, 7) is -0.0486. The predicted octanol–water partition coefficient (Wildman–Crippen LogP) is 5.38. The van der Waals surface area contributed by atoms with Gasteiger partial charge >= 0.3 is 0 Å². The van der Waals surface area contributed by atoms with Crippen molar-refractivity contribution in [1.29, 1.82) is 0 Å². The van der Waals surface area contributed by atoms with E-state index in [-0.39, 0.29) is 12.5 Å².